The molecule has 0 saturated heterocycles. The van der Waals surface area contributed by atoms with Gasteiger partial charge in [0.1, 0.15) is 11.6 Å². The number of rotatable bonds is 4. The largest absolute Gasteiger partial charge is 0.319 e. The third-order valence-corrected chi connectivity index (χ3v) is 3.86. The first-order chi connectivity index (χ1) is 12.4. The number of pyridine rings is 1. The molecular formula is C20H16F2N2O2. The van der Waals surface area contributed by atoms with Gasteiger partial charge in [-0.1, -0.05) is 29.8 Å². The molecule has 1 N–H and O–H groups in total. The number of nitrogens with one attached hydrogen (secondary N) is 1. The van der Waals surface area contributed by atoms with Crippen LogP contribution in [0, 0.1) is 18.6 Å². The topological polar surface area (TPSA) is 51.1 Å². The van der Waals surface area contributed by atoms with Gasteiger partial charge in [-0.05, 0) is 30.7 Å². The highest BCUT2D eigenvalue weighted by molar-refractivity contribution is 6.04. The number of halogens is 2. The molecule has 2 aromatic carbocycles. The van der Waals surface area contributed by atoms with Crippen molar-refractivity contribution in [2.24, 2.45) is 0 Å². The zero-order chi connectivity index (χ0) is 18.7. The van der Waals surface area contributed by atoms with E-state index < -0.39 is 17.5 Å². The van der Waals surface area contributed by atoms with E-state index in [0.29, 0.717) is 12.6 Å². The van der Waals surface area contributed by atoms with Gasteiger partial charge in [0, 0.05) is 18.3 Å². The number of amides is 1. The quantitative estimate of drug-likeness (QED) is 0.776. The molecule has 1 amide bonds. The average molecular weight is 354 g/mol. The fourth-order valence-electron chi connectivity index (χ4n) is 2.58. The molecule has 0 aliphatic carbocycles. The van der Waals surface area contributed by atoms with Crippen molar-refractivity contribution < 1.29 is 13.6 Å². The van der Waals surface area contributed by atoms with Crippen LogP contribution in [0.5, 0.6) is 0 Å². The second-order valence-electron chi connectivity index (χ2n) is 5.95. The van der Waals surface area contributed by atoms with Crippen molar-refractivity contribution in [2.45, 2.75) is 13.5 Å². The van der Waals surface area contributed by atoms with Crippen molar-refractivity contribution in [2.75, 3.05) is 5.32 Å². The van der Waals surface area contributed by atoms with Crippen LogP contribution in [0.2, 0.25) is 0 Å². The molecule has 0 bridgehead atoms. The zero-order valence-corrected chi connectivity index (χ0v) is 14.0. The molecule has 0 aliphatic rings. The minimum atomic E-state index is -0.869. The van der Waals surface area contributed by atoms with Gasteiger partial charge in [-0.2, -0.15) is 0 Å². The van der Waals surface area contributed by atoms with Crippen LogP contribution in [0.3, 0.4) is 0 Å². The lowest BCUT2D eigenvalue weighted by atomic mass is 10.1. The molecule has 0 unspecified atom stereocenters. The number of hydrogen-bond donors (Lipinski definition) is 1. The molecule has 0 atom stereocenters. The number of carbonyl (C=O) groups is 1. The molecule has 3 rings (SSSR count). The molecule has 0 aliphatic heterocycles. The second-order valence-corrected chi connectivity index (χ2v) is 5.95. The molecule has 0 spiro atoms. The Balaban J connectivity index is 1.84. The summed E-state index contributed by atoms with van der Waals surface area (Å²) in [5.74, 6) is -2.19. The normalized spacial score (nSPS) is 10.6. The molecule has 0 saturated carbocycles. The Morgan fingerprint density at radius 3 is 2.62 bits per heavy atom. The Bertz CT molecular complexity index is 1030. The lowest BCUT2D eigenvalue weighted by Gasteiger charge is -2.10. The fraction of sp³-hybridized carbons (Fsp3) is 0.100. The van der Waals surface area contributed by atoms with Crippen molar-refractivity contribution in [3.63, 3.8) is 0 Å². The third kappa shape index (κ3) is 4.03. The maximum atomic E-state index is 13.7. The number of benzene rings is 2. The van der Waals surface area contributed by atoms with E-state index in [2.05, 4.69) is 5.32 Å². The van der Waals surface area contributed by atoms with Gasteiger partial charge >= 0.3 is 0 Å². The molecule has 0 radical (unpaired) electrons. The van der Waals surface area contributed by atoms with Crippen LogP contribution in [0.4, 0.5) is 14.5 Å². The van der Waals surface area contributed by atoms with Crippen molar-refractivity contribution >= 4 is 11.6 Å². The maximum absolute atomic E-state index is 13.7. The number of aryl methyl sites for hydroxylation is 1. The van der Waals surface area contributed by atoms with E-state index in [0.717, 1.165) is 23.3 Å². The number of carbonyl (C=O) groups excluding carboxylic acids is 1. The summed E-state index contributed by atoms with van der Waals surface area (Å²) in [6.45, 7) is 2.26. The van der Waals surface area contributed by atoms with Crippen molar-refractivity contribution in [3.05, 3.63) is 99.5 Å². The smallest absolute Gasteiger partial charge is 0.257 e. The van der Waals surface area contributed by atoms with Crippen LogP contribution in [0.1, 0.15) is 21.5 Å². The minimum Gasteiger partial charge on any atom is -0.319 e. The van der Waals surface area contributed by atoms with Crippen LogP contribution in [0.15, 0.2) is 65.6 Å². The van der Waals surface area contributed by atoms with Gasteiger partial charge in [0.15, 0.2) is 0 Å². The first kappa shape index (κ1) is 17.5. The van der Waals surface area contributed by atoms with E-state index in [-0.39, 0.29) is 16.8 Å². The van der Waals surface area contributed by atoms with Gasteiger partial charge in [-0.25, -0.2) is 8.78 Å². The molecule has 6 heteroatoms. The van der Waals surface area contributed by atoms with Gasteiger partial charge in [0.05, 0.1) is 17.8 Å². The summed E-state index contributed by atoms with van der Waals surface area (Å²) in [7, 11) is 0. The van der Waals surface area contributed by atoms with E-state index in [1.54, 1.807) is 0 Å². The summed E-state index contributed by atoms with van der Waals surface area (Å²) < 4.78 is 28.0. The third-order valence-electron chi connectivity index (χ3n) is 3.86. The molecule has 3 aromatic rings. The van der Waals surface area contributed by atoms with Crippen LogP contribution < -0.4 is 10.9 Å². The lowest BCUT2D eigenvalue weighted by molar-refractivity contribution is 0.102. The number of hydrogen-bond acceptors (Lipinski definition) is 2. The molecular weight excluding hydrogens is 338 g/mol. The maximum Gasteiger partial charge on any atom is 0.257 e. The average Bonchev–Trinajstić information content (AvgIpc) is 2.59. The van der Waals surface area contributed by atoms with E-state index in [1.165, 1.54) is 22.9 Å². The zero-order valence-electron chi connectivity index (χ0n) is 14.0. The Kier molecular flexibility index (Phi) is 4.93. The molecule has 132 valence electrons. The number of nitrogens with zero attached hydrogens (tertiary/aromatic N) is 1. The highest BCUT2D eigenvalue weighted by atomic mass is 19.1. The summed E-state index contributed by atoms with van der Waals surface area (Å²) in [6.07, 6.45) is 1.42. The van der Waals surface area contributed by atoms with Crippen LogP contribution in [0.25, 0.3) is 0 Å². The summed E-state index contributed by atoms with van der Waals surface area (Å²) in [6, 6.07) is 13.2. The monoisotopic (exact) mass is 354 g/mol. The summed E-state index contributed by atoms with van der Waals surface area (Å²) in [5, 5.41) is 2.38. The van der Waals surface area contributed by atoms with Gasteiger partial charge < -0.3 is 9.88 Å². The molecule has 1 heterocycles. The number of anilines is 1. The Labute approximate surface area is 148 Å². The van der Waals surface area contributed by atoms with Crippen LogP contribution in [-0.4, -0.2) is 10.5 Å². The van der Waals surface area contributed by atoms with Crippen molar-refractivity contribution in [3.8, 4) is 0 Å². The van der Waals surface area contributed by atoms with E-state index >= 15 is 0 Å². The molecule has 4 nitrogen and oxygen atoms in total. The van der Waals surface area contributed by atoms with Crippen LogP contribution in [-0.2, 0) is 6.54 Å². The van der Waals surface area contributed by atoms with E-state index in [1.807, 2.05) is 31.2 Å². The van der Waals surface area contributed by atoms with Gasteiger partial charge in [0.25, 0.3) is 11.5 Å². The van der Waals surface area contributed by atoms with E-state index in [9.17, 15) is 18.4 Å². The van der Waals surface area contributed by atoms with Crippen molar-refractivity contribution in [1.82, 2.24) is 4.57 Å². The Hall–Kier alpha value is -3.28. The first-order valence-electron chi connectivity index (χ1n) is 7.95. The molecule has 1 aromatic heterocycles. The minimum absolute atomic E-state index is 0.132. The predicted octanol–water partition coefficient (Wildman–Crippen LogP) is 3.74. The molecule has 26 heavy (non-hydrogen) atoms. The molecule has 0 fully saturated rings. The van der Waals surface area contributed by atoms with Gasteiger partial charge in [-0.3, -0.25) is 9.59 Å². The SMILES string of the molecule is Cc1cccc(Cn2cc(C(=O)Nc3ccc(F)cc3F)ccc2=O)c1. The van der Waals surface area contributed by atoms with Crippen molar-refractivity contribution in [1.29, 1.82) is 0 Å². The van der Waals surface area contributed by atoms with Crippen LogP contribution >= 0.6 is 0 Å². The first-order valence-corrected chi connectivity index (χ1v) is 7.95. The second kappa shape index (κ2) is 7.31. The number of aromatic nitrogens is 1. The Morgan fingerprint density at radius 2 is 1.88 bits per heavy atom. The summed E-state index contributed by atoms with van der Waals surface area (Å²) in [4.78, 5) is 24.4. The Morgan fingerprint density at radius 1 is 1.08 bits per heavy atom. The summed E-state index contributed by atoms with van der Waals surface area (Å²) in [5.41, 5.74) is 1.80. The highest BCUT2D eigenvalue weighted by Gasteiger charge is 2.11. The van der Waals surface area contributed by atoms with Gasteiger partial charge in [0.2, 0.25) is 0 Å². The standard InChI is InChI=1S/C20H16F2N2O2/c1-13-3-2-4-14(9-13)11-24-12-15(5-8-19(24)25)20(26)23-18-7-6-16(21)10-17(18)22/h2-10,12H,11H2,1H3,(H,23,26). The predicted molar refractivity (Wildman–Crippen MR) is 95.3 cm³/mol. The summed E-state index contributed by atoms with van der Waals surface area (Å²) >= 11 is 0. The lowest BCUT2D eigenvalue weighted by Crippen LogP contribution is -2.22. The van der Waals surface area contributed by atoms with Gasteiger partial charge in [-0.15, -0.1) is 0 Å². The highest BCUT2D eigenvalue weighted by Crippen LogP contribution is 2.16. The fourth-order valence-corrected chi connectivity index (χ4v) is 2.58. The van der Waals surface area contributed by atoms with E-state index in [4.69, 9.17) is 0 Å².